The number of ether oxygens (including phenoxy) is 1. The van der Waals surface area contributed by atoms with E-state index >= 15 is 0 Å². The molecule has 0 aliphatic carbocycles. The number of carbonyl (C=O) groups is 2. The molecule has 1 amide bonds. The second-order valence-corrected chi connectivity index (χ2v) is 6.62. The topological polar surface area (TPSA) is 106 Å². The molecule has 2 N–H and O–H groups in total. The van der Waals surface area contributed by atoms with Crippen LogP contribution in [0.5, 0.6) is 5.75 Å². The van der Waals surface area contributed by atoms with Crippen molar-refractivity contribution < 1.29 is 23.8 Å². The highest BCUT2D eigenvalue weighted by Crippen LogP contribution is 2.23. The molecule has 0 bridgehead atoms. The number of nitrogens with one attached hydrogen (secondary N) is 1. The molecule has 2 rings (SSSR count). The van der Waals surface area contributed by atoms with E-state index in [2.05, 4.69) is 5.32 Å². The first-order valence-electron chi connectivity index (χ1n) is 8.15. The van der Waals surface area contributed by atoms with Gasteiger partial charge < -0.3 is 19.6 Å². The van der Waals surface area contributed by atoms with Gasteiger partial charge in [0.05, 0.1) is 0 Å². The van der Waals surface area contributed by atoms with Crippen molar-refractivity contribution in [1.29, 1.82) is 0 Å². The number of hydrogen-bond donors (Lipinski definition) is 2. The summed E-state index contributed by atoms with van der Waals surface area (Å²) in [4.78, 5) is 34.7. The zero-order valence-electron chi connectivity index (χ0n) is 14.6. The zero-order valence-corrected chi connectivity index (χ0v) is 15.4. The molecule has 0 spiro atoms. The standard InChI is InChI=1S/C18H21NO6S/c1-3-11-8-17(21)25-15-9-12(4-5-13(11)15)24-10-16(20)19-14(18(22)23)6-7-26-2/h4-5,8-9,14H,3,6-7,10H2,1-2H3,(H,19,20)(H,22,23). The monoisotopic (exact) mass is 379 g/mol. The highest BCUT2D eigenvalue weighted by molar-refractivity contribution is 7.98. The van der Waals surface area contributed by atoms with Gasteiger partial charge in [-0.05, 0) is 42.5 Å². The quantitative estimate of drug-likeness (QED) is 0.642. The van der Waals surface area contributed by atoms with Crippen molar-refractivity contribution in [3.05, 3.63) is 40.2 Å². The van der Waals surface area contributed by atoms with E-state index in [1.54, 1.807) is 18.2 Å². The van der Waals surface area contributed by atoms with Gasteiger partial charge in [-0.15, -0.1) is 0 Å². The van der Waals surface area contributed by atoms with E-state index in [0.717, 1.165) is 10.9 Å². The second-order valence-electron chi connectivity index (χ2n) is 5.63. The molecule has 1 atom stereocenters. The first kappa shape index (κ1) is 19.8. The Kier molecular flexibility index (Phi) is 7.08. The largest absolute Gasteiger partial charge is 0.484 e. The van der Waals surface area contributed by atoms with Crippen LogP contribution >= 0.6 is 11.8 Å². The molecule has 0 aliphatic rings. The lowest BCUT2D eigenvalue weighted by molar-refractivity contribution is -0.142. The highest BCUT2D eigenvalue weighted by atomic mass is 32.2. The average Bonchev–Trinajstić information content (AvgIpc) is 2.62. The van der Waals surface area contributed by atoms with Crippen LogP contribution in [0.15, 0.2) is 33.5 Å². The summed E-state index contributed by atoms with van der Waals surface area (Å²) in [6, 6.07) is 5.50. The van der Waals surface area contributed by atoms with Gasteiger partial charge in [0.15, 0.2) is 6.61 Å². The fourth-order valence-corrected chi connectivity index (χ4v) is 2.94. The molecule has 0 radical (unpaired) electrons. The number of hydrogen-bond acceptors (Lipinski definition) is 6. The van der Waals surface area contributed by atoms with E-state index in [1.165, 1.54) is 17.8 Å². The molecule has 7 nitrogen and oxygen atoms in total. The summed E-state index contributed by atoms with van der Waals surface area (Å²) >= 11 is 1.51. The molecule has 26 heavy (non-hydrogen) atoms. The third-order valence-electron chi connectivity index (χ3n) is 3.80. The predicted octanol–water partition coefficient (Wildman–Crippen LogP) is 2.06. The molecule has 1 unspecified atom stereocenters. The SMILES string of the molecule is CCc1cc(=O)oc2cc(OCC(=O)NC(CCSC)C(=O)O)ccc12. The molecule has 140 valence electrons. The van der Waals surface area contributed by atoms with Crippen LogP contribution in [0.25, 0.3) is 11.0 Å². The molecule has 1 aromatic carbocycles. The maximum atomic E-state index is 11.9. The molecule has 0 fully saturated rings. The number of rotatable bonds is 9. The normalized spacial score (nSPS) is 11.9. The minimum Gasteiger partial charge on any atom is -0.484 e. The van der Waals surface area contributed by atoms with Crippen LogP contribution in [0.3, 0.4) is 0 Å². The molecular formula is C18H21NO6S. The third kappa shape index (κ3) is 5.26. The Labute approximate surface area is 154 Å². The highest BCUT2D eigenvalue weighted by Gasteiger charge is 2.19. The number of aryl methyl sites for hydroxylation is 1. The summed E-state index contributed by atoms with van der Waals surface area (Å²) < 4.78 is 10.6. The minimum atomic E-state index is -1.08. The molecule has 1 heterocycles. The fraction of sp³-hybridized carbons (Fsp3) is 0.389. The zero-order chi connectivity index (χ0) is 19.1. The summed E-state index contributed by atoms with van der Waals surface area (Å²) in [5, 5.41) is 12.4. The lowest BCUT2D eigenvalue weighted by Crippen LogP contribution is -2.43. The van der Waals surface area contributed by atoms with Gasteiger partial charge in [0.2, 0.25) is 0 Å². The number of fused-ring (bicyclic) bond motifs is 1. The van der Waals surface area contributed by atoms with E-state index in [9.17, 15) is 14.4 Å². The molecule has 1 aromatic heterocycles. The summed E-state index contributed by atoms with van der Waals surface area (Å²) in [5.41, 5.74) is 0.816. The number of amides is 1. The van der Waals surface area contributed by atoms with Crippen LogP contribution in [0, 0.1) is 0 Å². The number of carboxylic acids is 1. The van der Waals surface area contributed by atoms with Gasteiger partial charge in [0.25, 0.3) is 5.91 Å². The van der Waals surface area contributed by atoms with Crippen LogP contribution in [-0.2, 0) is 16.0 Å². The fourth-order valence-electron chi connectivity index (χ4n) is 2.47. The Bertz CT molecular complexity index is 847. The van der Waals surface area contributed by atoms with E-state index in [0.29, 0.717) is 29.9 Å². The Morgan fingerprint density at radius 3 is 2.77 bits per heavy atom. The summed E-state index contributed by atoms with van der Waals surface area (Å²) in [7, 11) is 0. The Morgan fingerprint density at radius 2 is 2.12 bits per heavy atom. The van der Waals surface area contributed by atoms with Gasteiger partial charge in [-0.3, -0.25) is 4.79 Å². The lowest BCUT2D eigenvalue weighted by Gasteiger charge is -2.14. The van der Waals surface area contributed by atoms with Crippen LogP contribution in [0.2, 0.25) is 0 Å². The Morgan fingerprint density at radius 1 is 1.35 bits per heavy atom. The summed E-state index contributed by atoms with van der Waals surface area (Å²) in [6.07, 6.45) is 2.90. The van der Waals surface area contributed by atoms with Gasteiger partial charge in [-0.1, -0.05) is 6.92 Å². The number of carbonyl (C=O) groups excluding carboxylic acids is 1. The molecule has 2 aromatic rings. The molecule has 0 saturated carbocycles. The number of aliphatic carboxylic acids is 1. The van der Waals surface area contributed by atoms with E-state index in [1.807, 2.05) is 13.2 Å². The average molecular weight is 379 g/mol. The van der Waals surface area contributed by atoms with Crippen molar-refractivity contribution in [2.45, 2.75) is 25.8 Å². The van der Waals surface area contributed by atoms with Crippen molar-refractivity contribution in [2.75, 3.05) is 18.6 Å². The molecule has 8 heteroatoms. The lowest BCUT2D eigenvalue weighted by atomic mass is 10.1. The van der Waals surface area contributed by atoms with Crippen LogP contribution in [0.1, 0.15) is 18.9 Å². The van der Waals surface area contributed by atoms with Gasteiger partial charge in [-0.25, -0.2) is 9.59 Å². The number of carboxylic acid groups (broad SMARTS) is 1. The van der Waals surface area contributed by atoms with Crippen molar-refractivity contribution in [3.63, 3.8) is 0 Å². The summed E-state index contributed by atoms with van der Waals surface area (Å²) in [5.74, 6) is -0.615. The smallest absolute Gasteiger partial charge is 0.336 e. The van der Waals surface area contributed by atoms with Gasteiger partial charge in [0.1, 0.15) is 17.4 Å². The Balaban J connectivity index is 2.03. The minimum absolute atomic E-state index is 0.327. The first-order chi connectivity index (χ1) is 12.4. The first-order valence-corrected chi connectivity index (χ1v) is 9.54. The predicted molar refractivity (Wildman–Crippen MR) is 99.9 cm³/mol. The molecule has 0 aliphatic heterocycles. The van der Waals surface area contributed by atoms with Gasteiger partial charge in [0, 0.05) is 17.5 Å². The van der Waals surface area contributed by atoms with Gasteiger partial charge >= 0.3 is 11.6 Å². The van der Waals surface area contributed by atoms with Crippen molar-refractivity contribution in [1.82, 2.24) is 5.32 Å². The molecule has 0 saturated heterocycles. The Hall–Kier alpha value is -2.48. The van der Waals surface area contributed by atoms with E-state index in [-0.39, 0.29) is 6.61 Å². The van der Waals surface area contributed by atoms with Crippen molar-refractivity contribution in [3.8, 4) is 5.75 Å². The third-order valence-corrected chi connectivity index (χ3v) is 4.44. The molecular weight excluding hydrogens is 358 g/mol. The van der Waals surface area contributed by atoms with Crippen molar-refractivity contribution >= 4 is 34.6 Å². The number of thioether (sulfide) groups is 1. The van der Waals surface area contributed by atoms with Crippen LogP contribution < -0.4 is 15.7 Å². The summed E-state index contributed by atoms with van der Waals surface area (Å²) in [6.45, 7) is 1.62. The van der Waals surface area contributed by atoms with Crippen molar-refractivity contribution in [2.24, 2.45) is 0 Å². The van der Waals surface area contributed by atoms with E-state index in [4.69, 9.17) is 14.3 Å². The van der Waals surface area contributed by atoms with E-state index < -0.39 is 23.5 Å². The van der Waals surface area contributed by atoms with Gasteiger partial charge in [-0.2, -0.15) is 11.8 Å². The number of benzene rings is 1. The van der Waals surface area contributed by atoms with Crippen LogP contribution in [-0.4, -0.2) is 41.6 Å². The maximum Gasteiger partial charge on any atom is 0.336 e. The van der Waals surface area contributed by atoms with Crippen LogP contribution in [0.4, 0.5) is 0 Å². The second kappa shape index (κ2) is 9.28. The maximum absolute atomic E-state index is 11.9.